The molecule has 1 N–H and O–H groups in total. The summed E-state index contributed by atoms with van der Waals surface area (Å²) in [6.45, 7) is 1.94. The largest absolute Gasteiger partial charge is 0.373 e. The molecule has 0 aliphatic rings. The molecule has 0 atom stereocenters. The van der Waals surface area contributed by atoms with Gasteiger partial charge < -0.3 is 5.32 Å². The molecule has 0 bridgehead atoms. The molecule has 0 radical (unpaired) electrons. The van der Waals surface area contributed by atoms with Crippen molar-refractivity contribution in [1.29, 1.82) is 0 Å². The topological polar surface area (TPSA) is 37.8 Å². The summed E-state index contributed by atoms with van der Waals surface area (Å²) < 4.78 is 13.4. The normalized spacial score (nSPS) is 10.9. The number of nitrogens with zero attached hydrogens (tertiary/aromatic N) is 2. The Bertz CT molecular complexity index is 833. The van der Waals surface area contributed by atoms with Gasteiger partial charge in [-0.3, -0.25) is 0 Å². The average molecular weight is 302 g/mol. The summed E-state index contributed by atoms with van der Waals surface area (Å²) in [5.41, 5.74) is 2.51. The van der Waals surface area contributed by atoms with Crippen LogP contribution in [0.3, 0.4) is 0 Å². The number of rotatable bonds is 2. The predicted molar refractivity (Wildman–Crippen MR) is 84.2 cm³/mol. The highest BCUT2D eigenvalue weighted by Gasteiger charge is 2.10. The Morgan fingerprint density at radius 1 is 1.10 bits per heavy atom. The fraction of sp³-hybridized carbons (Fsp3) is 0.125. The first-order valence-electron chi connectivity index (χ1n) is 6.50. The summed E-state index contributed by atoms with van der Waals surface area (Å²) in [6.07, 6.45) is 0. The van der Waals surface area contributed by atoms with Gasteiger partial charge in [-0.05, 0) is 36.8 Å². The van der Waals surface area contributed by atoms with Gasteiger partial charge in [-0.2, -0.15) is 0 Å². The molecule has 0 unspecified atom stereocenters. The van der Waals surface area contributed by atoms with Crippen LogP contribution in [0, 0.1) is 12.7 Å². The minimum absolute atomic E-state index is 0.311. The van der Waals surface area contributed by atoms with Crippen molar-refractivity contribution >= 4 is 28.3 Å². The Labute approximate surface area is 126 Å². The first kappa shape index (κ1) is 13.8. The Hall–Kier alpha value is -2.20. The SMILES string of the molecule is CNc1nc(-c2ccc(C)c(Cl)c2)nc2ccc(F)cc12. The minimum atomic E-state index is -0.311. The minimum Gasteiger partial charge on any atom is -0.373 e. The summed E-state index contributed by atoms with van der Waals surface area (Å²) in [4.78, 5) is 8.94. The smallest absolute Gasteiger partial charge is 0.162 e. The number of fused-ring (bicyclic) bond motifs is 1. The molecule has 21 heavy (non-hydrogen) atoms. The Balaban J connectivity index is 2.23. The van der Waals surface area contributed by atoms with Crippen LogP contribution in [0.15, 0.2) is 36.4 Å². The molecule has 3 aromatic rings. The molecule has 0 amide bonds. The van der Waals surface area contributed by atoms with E-state index in [0.29, 0.717) is 27.6 Å². The van der Waals surface area contributed by atoms with E-state index in [1.165, 1.54) is 12.1 Å². The van der Waals surface area contributed by atoms with Crippen LogP contribution < -0.4 is 5.32 Å². The lowest BCUT2D eigenvalue weighted by Gasteiger charge is -2.09. The zero-order valence-corrected chi connectivity index (χ0v) is 12.4. The molecular formula is C16H13ClFN3. The van der Waals surface area contributed by atoms with Crippen LogP contribution in [0.2, 0.25) is 5.02 Å². The molecule has 2 aromatic carbocycles. The van der Waals surface area contributed by atoms with E-state index in [1.54, 1.807) is 13.1 Å². The lowest BCUT2D eigenvalue weighted by molar-refractivity contribution is 0.629. The van der Waals surface area contributed by atoms with Crippen LogP contribution in [-0.2, 0) is 0 Å². The van der Waals surface area contributed by atoms with Crippen molar-refractivity contribution in [2.45, 2.75) is 6.92 Å². The quantitative estimate of drug-likeness (QED) is 0.760. The molecule has 1 heterocycles. The van der Waals surface area contributed by atoms with Crippen LogP contribution in [0.4, 0.5) is 10.2 Å². The molecule has 0 spiro atoms. The molecule has 0 aliphatic heterocycles. The number of anilines is 1. The zero-order valence-electron chi connectivity index (χ0n) is 11.6. The monoisotopic (exact) mass is 301 g/mol. The number of halogens is 2. The highest BCUT2D eigenvalue weighted by atomic mass is 35.5. The van der Waals surface area contributed by atoms with Gasteiger partial charge in [0.15, 0.2) is 5.82 Å². The second kappa shape index (κ2) is 5.30. The maximum Gasteiger partial charge on any atom is 0.162 e. The van der Waals surface area contributed by atoms with Crippen LogP contribution in [0.5, 0.6) is 0 Å². The van der Waals surface area contributed by atoms with Crippen LogP contribution in [0.1, 0.15) is 5.56 Å². The molecule has 0 saturated carbocycles. The van der Waals surface area contributed by atoms with E-state index in [-0.39, 0.29) is 5.82 Å². The highest BCUT2D eigenvalue weighted by Crippen LogP contribution is 2.27. The maximum absolute atomic E-state index is 13.4. The summed E-state index contributed by atoms with van der Waals surface area (Å²) in [5, 5.41) is 4.30. The van der Waals surface area contributed by atoms with Crippen molar-refractivity contribution in [2.75, 3.05) is 12.4 Å². The van der Waals surface area contributed by atoms with Crippen molar-refractivity contribution < 1.29 is 4.39 Å². The van der Waals surface area contributed by atoms with E-state index in [2.05, 4.69) is 15.3 Å². The fourth-order valence-electron chi connectivity index (χ4n) is 2.15. The first-order valence-corrected chi connectivity index (χ1v) is 6.88. The summed E-state index contributed by atoms with van der Waals surface area (Å²) >= 11 is 6.16. The number of hydrogen-bond donors (Lipinski definition) is 1. The van der Waals surface area contributed by atoms with E-state index >= 15 is 0 Å². The van der Waals surface area contributed by atoms with E-state index in [1.807, 2.05) is 25.1 Å². The summed E-state index contributed by atoms with van der Waals surface area (Å²) in [6, 6.07) is 10.1. The third kappa shape index (κ3) is 2.54. The number of hydrogen-bond acceptors (Lipinski definition) is 3. The molecule has 0 aliphatic carbocycles. The highest BCUT2D eigenvalue weighted by molar-refractivity contribution is 6.31. The van der Waals surface area contributed by atoms with Gasteiger partial charge in [0.1, 0.15) is 11.6 Å². The lowest BCUT2D eigenvalue weighted by Crippen LogP contribution is -1.99. The average Bonchev–Trinajstić information content (AvgIpc) is 2.49. The third-order valence-corrected chi connectivity index (χ3v) is 3.73. The van der Waals surface area contributed by atoms with Gasteiger partial charge in [0.25, 0.3) is 0 Å². The van der Waals surface area contributed by atoms with Crippen LogP contribution in [-0.4, -0.2) is 17.0 Å². The Morgan fingerprint density at radius 3 is 2.62 bits per heavy atom. The second-order valence-electron chi connectivity index (χ2n) is 4.77. The first-order chi connectivity index (χ1) is 10.1. The third-order valence-electron chi connectivity index (χ3n) is 3.32. The predicted octanol–water partition coefficient (Wildman–Crippen LogP) is 4.44. The van der Waals surface area contributed by atoms with Crippen LogP contribution in [0.25, 0.3) is 22.3 Å². The van der Waals surface area contributed by atoms with Gasteiger partial charge in [0.2, 0.25) is 0 Å². The van der Waals surface area contributed by atoms with E-state index in [9.17, 15) is 4.39 Å². The van der Waals surface area contributed by atoms with Crippen molar-refractivity contribution in [3.63, 3.8) is 0 Å². The molecule has 3 rings (SSSR count). The Kier molecular flexibility index (Phi) is 3.47. The van der Waals surface area contributed by atoms with E-state index < -0.39 is 0 Å². The van der Waals surface area contributed by atoms with Gasteiger partial charge >= 0.3 is 0 Å². The number of aromatic nitrogens is 2. The molecule has 0 saturated heterocycles. The number of benzene rings is 2. The van der Waals surface area contributed by atoms with E-state index in [0.717, 1.165) is 11.1 Å². The fourth-order valence-corrected chi connectivity index (χ4v) is 2.33. The second-order valence-corrected chi connectivity index (χ2v) is 5.18. The summed E-state index contributed by atoms with van der Waals surface area (Å²) in [5.74, 6) is 0.834. The molecule has 5 heteroatoms. The molecule has 0 fully saturated rings. The summed E-state index contributed by atoms with van der Waals surface area (Å²) in [7, 11) is 1.75. The number of aryl methyl sites for hydroxylation is 1. The molecule has 3 nitrogen and oxygen atoms in total. The van der Waals surface area contributed by atoms with Crippen molar-refractivity contribution in [3.05, 3.63) is 52.8 Å². The molecule has 106 valence electrons. The van der Waals surface area contributed by atoms with Gasteiger partial charge in [-0.25, -0.2) is 14.4 Å². The molecule has 1 aromatic heterocycles. The number of nitrogens with one attached hydrogen (secondary N) is 1. The molecular weight excluding hydrogens is 289 g/mol. The zero-order chi connectivity index (χ0) is 15.0. The lowest BCUT2D eigenvalue weighted by atomic mass is 10.1. The van der Waals surface area contributed by atoms with Crippen molar-refractivity contribution in [2.24, 2.45) is 0 Å². The van der Waals surface area contributed by atoms with Gasteiger partial charge in [-0.15, -0.1) is 0 Å². The maximum atomic E-state index is 13.4. The van der Waals surface area contributed by atoms with Crippen molar-refractivity contribution in [3.8, 4) is 11.4 Å². The van der Waals surface area contributed by atoms with Crippen LogP contribution >= 0.6 is 11.6 Å². The Morgan fingerprint density at radius 2 is 1.90 bits per heavy atom. The van der Waals surface area contributed by atoms with Gasteiger partial charge in [-0.1, -0.05) is 23.7 Å². The van der Waals surface area contributed by atoms with Gasteiger partial charge in [0, 0.05) is 23.0 Å². The van der Waals surface area contributed by atoms with Gasteiger partial charge in [0.05, 0.1) is 5.52 Å². The van der Waals surface area contributed by atoms with E-state index in [4.69, 9.17) is 11.6 Å². The standard InChI is InChI=1S/C16H13ClFN3/c1-9-3-4-10(7-13(9)17)15-20-14-6-5-11(18)8-12(14)16(19-2)21-15/h3-8H,1-2H3,(H,19,20,21). The van der Waals surface area contributed by atoms with Crippen molar-refractivity contribution in [1.82, 2.24) is 9.97 Å².